The molecule has 0 aromatic carbocycles. The molecule has 0 bridgehead atoms. The fraction of sp³-hybridized carbons (Fsp3) is 0.938. The molecule has 1 aliphatic heterocycles. The Morgan fingerprint density at radius 3 is 2.35 bits per heavy atom. The summed E-state index contributed by atoms with van der Waals surface area (Å²) >= 11 is 0. The molecule has 20 heavy (non-hydrogen) atoms. The van der Waals surface area contributed by atoms with Crippen molar-refractivity contribution in [2.75, 3.05) is 19.7 Å². The standard InChI is InChI=1S/C16H28N2O2/c19-12-16(5-3-1-2-4-6-16)18-14(20)13-11-15(13)7-9-17-10-8-15/h13,17,19H,1-12H2,(H,18,20)/t13-/m0/s1. The van der Waals surface area contributed by atoms with E-state index in [-0.39, 0.29) is 29.4 Å². The van der Waals surface area contributed by atoms with Crippen LogP contribution in [-0.4, -0.2) is 36.2 Å². The summed E-state index contributed by atoms with van der Waals surface area (Å²) in [5, 5.41) is 16.4. The van der Waals surface area contributed by atoms with Crippen LogP contribution in [0.1, 0.15) is 57.8 Å². The van der Waals surface area contributed by atoms with Crippen molar-refractivity contribution in [3.05, 3.63) is 0 Å². The maximum Gasteiger partial charge on any atom is 0.224 e. The van der Waals surface area contributed by atoms with Crippen LogP contribution >= 0.6 is 0 Å². The van der Waals surface area contributed by atoms with Gasteiger partial charge in [-0.05, 0) is 50.6 Å². The van der Waals surface area contributed by atoms with Crippen LogP contribution in [0.3, 0.4) is 0 Å². The quantitative estimate of drug-likeness (QED) is 0.688. The van der Waals surface area contributed by atoms with E-state index < -0.39 is 0 Å². The van der Waals surface area contributed by atoms with E-state index in [0.717, 1.165) is 58.0 Å². The Kier molecular flexibility index (Phi) is 4.04. The van der Waals surface area contributed by atoms with Gasteiger partial charge in [0.25, 0.3) is 0 Å². The molecule has 1 saturated heterocycles. The molecule has 0 aromatic heterocycles. The predicted octanol–water partition coefficient (Wildman–Crippen LogP) is 1.58. The van der Waals surface area contributed by atoms with Crippen molar-refractivity contribution in [1.82, 2.24) is 10.6 Å². The summed E-state index contributed by atoms with van der Waals surface area (Å²) in [5.41, 5.74) is -0.0407. The minimum Gasteiger partial charge on any atom is -0.394 e. The van der Waals surface area contributed by atoms with Crippen molar-refractivity contribution in [2.45, 2.75) is 63.3 Å². The third-order valence-electron chi connectivity index (χ3n) is 5.86. The van der Waals surface area contributed by atoms with Gasteiger partial charge in [-0.1, -0.05) is 25.7 Å². The van der Waals surface area contributed by atoms with Gasteiger partial charge < -0.3 is 15.7 Å². The van der Waals surface area contributed by atoms with Gasteiger partial charge in [0, 0.05) is 5.92 Å². The molecule has 1 atom stereocenters. The second-order valence-electron chi connectivity index (χ2n) is 7.21. The lowest BCUT2D eigenvalue weighted by Crippen LogP contribution is -2.52. The highest BCUT2D eigenvalue weighted by Crippen LogP contribution is 2.58. The van der Waals surface area contributed by atoms with E-state index in [0.29, 0.717) is 0 Å². The highest BCUT2D eigenvalue weighted by molar-refractivity contribution is 5.83. The fourth-order valence-electron chi connectivity index (χ4n) is 4.27. The number of carbonyl (C=O) groups excluding carboxylic acids is 1. The first-order valence-corrected chi connectivity index (χ1v) is 8.33. The van der Waals surface area contributed by atoms with Gasteiger partial charge in [0.05, 0.1) is 12.1 Å². The number of piperidine rings is 1. The van der Waals surface area contributed by atoms with E-state index in [1.54, 1.807) is 0 Å². The maximum atomic E-state index is 12.6. The number of aliphatic hydroxyl groups is 1. The predicted molar refractivity (Wildman–Crippen MR) is 78.3 cm³/mol. The van der Waals surface area contributed by atoms with Crippen LogP contribution in [0.5, 0.6) is 0 Å². The van der Waals surface area contributed by atoms with Crippen LogP contribution in [0.15, 0.2) is 0 Å². The Labute approximate surface area is 121 Å². The monoisotopic (exact) mass is 280 g/mol. The molecule has 1 amide bonds. The van der Waals surface area contributed by atoms with Crippen LogP contribution in [0.2, 0.25) is 0 Å². The van der Waals surface area contributed by atoms with E-state index in [9.17, 15) is 9.90 Å². The van der Waals surface area contributed by atoms with E-state index in [2.05, 4.69) is 10.6 Å². The van der Waals surface area contributed by atoms with Crippen molar-refractivity contribution in [3.63, 3.8) is 0 Å². The normalized spacial score (nSPS) is 31.6. The molecular weight excluding hydrogens is 252 g/mol. The molecule has 4 nitrogen and oxygen atoms in total. The van der Waals surface area contributed by atoms with E-state index >= 15 is 0 Å². The second-order valence-corrected chi connectivity index (χ2v) is 7.21. The third kappa shape index (κ3) is 2.73. The lowest BCUT2D eigenvalue weighted by molar-refractivity contribution is -0.126. The summed E-state index contributed by atoms with van der Waals surface area (Å²) in [6.07, 6.45) is 9.93. The molecule has 4 heteroatoms. The van der Waals surface area contributed by atoms with Crippen LogP contribution in [0.25, 0.3) is 0 Å². The van der Waals surface area contributed by atoms with Crippen molar-refractivity contribution >= 4 is 5.91 Å². The lowest BCUT2D eigenvalue weighted by atomic mass is 9.89. The summed E-state index contributed by atoms with van der Waals surface area (Å²) in [7, 11) is 0. The topological polar surface area (TPSA) is 61.4 Å². The molecule has 0 aromatic rings. The minimum absolute atomic E-state index is 0.0972. The fourth-order valence-corrected chi connectivity index (χ4v) is 4.27. The Bertz CT molecular complexity index is 355. The van der Waals surface area contributed by atoms with Gasteiger partial charge in [0.15, 0.2) is 0 Å². The van der Waals surface area contributed by atoms with Crippen molar-refractivity contribution in [1.29, 1.82) is 0 Å². The largest absolute Gasteiger partial charge is 0.394 e. The highest BCUT2D eigenvalue weighted by atomic mass is 16.3. The van der Waals surface area contributed by atoms with E-state index in [1.165, 1.54) is 12.8 Å². The van der Waals surface area contributed by atoms with Crippen LogP contribution in [-0.2, 0) is 4.79 Å². The van der Waals surface area contributed by atoms with Gasteiger partial charge in [-0.2, -0.15) is 0 Å². The summed E-state index contributed by atoms with van der Waals surface area (Å²) in [6.45, 7) is 2.20. The highest BCUT2D eigenvalue weighted by Gasteiger charge is 2.58. The smallest absolute Gasteiger partial charge is 0.224 e. The zero-order chi connectivity index (χ0) is 14.1. The molecule has 0 radical (unpaired) electrons. The zero-order valence-electron chi connectivity index (χ0n) is 12.4. The van der Waals surface area contributed by atoms with Crippen molar-refractivity contribution in [2.24, 2.45) is 11.3 Å². The molecule has 3 fully saturated rings. The van der Waals surface area contributed by atoms with E-state index in [4.69, 9.17) is 0 Å². The molecule has 3 aliphatic rings. The van der Waals surface area contributed by atoms with Gasteiger partial charge in [-0.25, -0.2) is 0 Å². The Morgan fingerprint density at radius 1 is 1.10 bits per heavy atom. The minimum atomic E-state index is -0.329. The summed E-state index contributed by atoms with van der Waals surface area (Å²) in [6, 6.07) is 0. The first-order valence-electron chi connectivity index (χ1n) is 8.33. The third-order valence-corrected chi connectivity index (χ3v) is 5.86. The number of amides is 1. The van der Waals surface area contributed by atoms with Crippen LogP contribution in [0, 0.1) is 11.3 Å². The average Bonchev–Trinajstić information content (AvgIpc) is 3.20. The van der Waals surface area contributed by atoms with Gasteiger partial charge >= 0.3 is 0 Å². The van der Waals surface area contributed by atoms with Crippen LogP contribution < -0.4 is 10.6 Å². The number of carbonyl (C=O) groups is 1. The lowest BCUT2D eigenvalue weighted by Gasteiger charge is -2.33. The Morgan fingerprint density at radius 2 is 1.75 bits per heavy atom. The number of hydrogen-bond acceptors (Lipinski definition) is 3. The Balaban J connectivity index is 1.60. The second kappa shape index (κ2) is 5.64. The Hall–Kier alpha value is -0.610. The maximum absolute atomic E-state index is 12.6. The first kappa shape index (κ1) is 14.3. The summed E-state index contributed by atoms with van der Waals surface area (Å²) in [4.78, 5) is 12.6. The van der Waals surface area contributed by atoms with Gasteiger partial charge in [0.2, 0.25) is 5.91 Å². The molecule has 3 N–H and O–H groups in total. The molecule has 0 unspecified atom stereocenters. The SMILES string of the molecule is O=C(NC1(CO)CCCCCC1)[C@@H]1CC12CCNCC2. The average molecular weight is 280 g/mol. The van der Waals surface area contributed by atoms with Crippen molar-refractivity contribution in [3.8, 4) is 0 Å². The molecule has 2 aliphatic carbocycles. The summed E-state index contributed by atoms with van der Waals surface area (Å²) in [5.74, 6) is 0.416. The molecule has 2 saturated carbocycles. The molecule has 3 rings (SSSR count). The molecular formula is C16H28N2O2. The van der Waals surface area contributed by atoms with Crippen LogP contribution in [0.4, 0.5) is 0 Å². The van der Waals surface area contributed by atoms with Gasteiger partial charge in [0.1, 0.15) is 0 Å². The number of nitrogens with one attached hydrogen (secondary N) is 2. The first-order chi connectivity index (χ1) is 9.70. The molecule has 114 valence electrons. The summed E-state index contributed by atoms with van der Waals surface area (Å²) < 4.78 is 0. The van der Waals surface area contributed by atoms with Gasteiger partial charge in [-0.3, -0.25) is 4.79 Å². The molecule has 1 spiro atoms. The van der Waals surface area contributed by atoms with Gasteiger partial charge in [-0.15, -0.1) is 0 Å². The van der Waals surface area contributed by atoms with E-state index in [1.807, 2.05) is 0 Å². The molecule has 1 heterocycles. The number of rotatable bonds is 3. The number of hydrogen-bond donors (Lipinski definition) is 3. The number of aliphatic hydroxyl groups excluding tert-OH is 1. The van der Waals surface area contributed by atoms with Crippen molar-refractivity contribution < 1.29 is 9.90 Å². The zero-order valence-corrected chi connectivity index (χ0v) is 12.4.